The molecule has 1 fully saturated rings. The summed E-state index contributed by atoms with van der Waals surface area (Å²) >= 11 is 0. The van der Waals surface area contributed by atoms with E-state index < -0.39 is 5.97 Å². The highest BCUT2D eigenvalue weighted by molar-refractivity contribution is 5.69. The van der Waals surface area contributed by atoms with Gasteiger partial charge in [0.2, 0.25) is 0 Å². The van der Waals surface area contributed by atoms with Crippen molar-refractivity contribution < 1.29 is 19.7 Å². The zero-order valence-electron chi connectivity index (χ0n) is 8.67. The Labute approximate surface area is 92.9 Å². The predicted octanol–water partition coefficient (Wildman–Crippen LogP) is 0.808. The molecule has 1 atom stereocenters. The number of carboxylic acid groups (broad SMARTS) is 1. The van der Waals surface area contributed by atoms with Crippen molar-refractivity contribution in [3.63, 3.8) is 0 Å². The van der Waals surface area contributed by atoms with Crippen molar-refractivity contribution in [2.75, 3.05) is 19.9 Å². The van der Waals surface area contributed by atoms with Crippen LogP contribution in [0.15, 0.2) is 24.3 Å². The number of para-hydroxylation sites is 1. The van der Waals surface area contributed by atoms with Gasteiger partial charge in [-0.05, 0) is 6.07 Å². The molecule has 0 spiro atoms. The second kappa shape index (κ2) is 4.51. The molecule has 1 aromatic carbocycles. The third-order valence-electron chi connectivity index (χ3n) is 2.61. The van der Waals surface area contributed by atoms with Gasteiger partial charge in [0.05, 0.1) is 19.2 Å². The molecule has 0 saturated carbocycles. The Morgan fingerprint density at radius 1 is 1.50 bits per heavy atom. The number of ether oxygens (including phenoxy) is 1. The molecule has 1 aliphatic rings. The molecule has 1 saturated heterocycles. The lowest BCUT2D eigenvalue weighted by molar-refractivity contribution is -0.138. The number of hydrogen-bond acceptors (Lipinski definition) is 4. The van der Waals surface area contributed by atoms with Crippen molar-refractivity contribution in [3.8, 4) is 5.75 Å². The Kier molecular flexibility index (Phi) is 3.07. The van der Waals surface area contributed by atoms with E-state index in [4.69, 9.17) is 9.84 Å². The maximum absolute atomic E-state index is 10.7. The van der Waals surface area contributed by atoms with E-state index in [1.165, 1.54) is 0 Å². The molecule has 5 nitrogen and oxygen atoms in total. The normalized spacial score (nSPS) is 21.1. The van der Waals surface area contributed by atoms with Gasteiger partial charge in [0.15, 0.2) is 0 Å². The van der Waals surface area contributed by atoms with Crippen molar-refractivity contribution in [3.05, 3.63) is 29.8 Å². The predicted molar refractivity (Wildman–Crippen MR) is 56.0 cm³/mol. The molecule has 2 N–H and O–H groups in total. The summed E-state index contributed by atoms with van der Waals surface area (Å²) < 4.78 is 5.23. The summed E-state index contributed by atoms with van der Waals surface area (Å²) in [5.74, 6) is -0.723. The van der Waals surface area contributed by atoms with Gasteiger partial charge >= 0.3 is 5.97 Å². The van der Waals surface area contributed by atoms with Gasteiger partial charge in [0.25, 0.3) is 0 Å². The first-order valence-electron chi connectivity index (χ1n) is 5.00. The van der Waals surface area contributed by atoms with Crippen molar-refractivity contribution in [2.45, 2.75) is 6.04 Å². The average Bonchev–Trinajstić information content (AvgIpc) is 2.66. The van der Waals surface area contributed by atoms with Gasteiger partial charge in [0.1, 0.15) is 12.5 Å². The van der Waals surface area contributed by atoms with E-state index in [1.54, 1.807) is 23.1 Å². The number of nitrogens with zero attached hydrogens (tertiary/aromatic N) is 1. The Balaban J connectivity index is 2.20. The number of carbonyl (C=O) groups is 1. The summed E-state index contributed by atoms with van der Waals surface area (Å²) in [5.41, 5.74) is 0.709. The lowest BCUT2D eigenvalue weighted by atomic mass is 10.1. The van der Waals surface area contributed by atoms with Gasteiger partial charge in [-0.25, -0.2) is 0 Å². The fourth-order valence-electron chi connectivity index (χ4n) is 1.86. The molecule has 1 aromatic rings. The Hall–Kier alpha value is -1.59. The van der Waals surface area contributed by atoms with Crippen molar-refractivity contribution in [1.82, 2.24) is 4.90 Å². The van der Waals surface area contributed by atoms with Crippen LogP contribution in [-0.2, 0) is 9.53 Å². The van der Waals surface area contributed by atoms with Gasteiger partial charge in [0, 0.05) is 5.56 Å². The highest BCUT2D eigenvalue weighted by Gasteiger charge is 2.29. The first-order valence-corrected chi connectivity index (χ1v) is 5.00. The second-order valence-electron chi connectivity index (χ2n) is 3.72. The number of phenols is 1. The van der Waals surface area contributed by atoms with E-state index in [1.807, 2.05) is 6.07 Å². The minimum Gasteiger partial charge on any atom is -0.508 e. The molecule has 1 aliphatic heterocycles. The largest absolute Gasteiger partial charge is 0.508 e. The van der Waals surface area contributed by atoms with Crippen LogP contribution in [0.5, 0.6) is 5.75 Å². The van der Waals surface area contributed by atoms with E-state index in [9.17, 15) is 9.90 Å². The zero-order chi connectivity index (χ0) is 11.5. The van der Waals surface area contributed by atoms with Gasteiger partial charge in [-0.1, -0.05) is 18.2 Å². The van der Waals surface area contributed by atoms with Crippen LogP contribution < -0.4 is 0 Å². The van der Waals surface area contributed by atoms with Gasteiger partial charge in [-0.3, -0.25) is 9.69 Å². The number of carboxylic acids is 1. The fourth-order valence-corrected chi connectivity index (χ4v) is 1.86. The minimum atomic E-state index is -0.897. The maximum Gasteiger partial charge on any atom is 0.317 e. The van der Waals surface area contributed by atoms with Crippen LogP contribution in [-0.4, -0.2) is 41.0 Å². The van der Waals surface area contributed by atoms with E-state index in [0.717, 1.165) is 0 Å². The second-order valence-corrected chi connectivity index (χ2v) is 3.72. The van der Waals surface area contributed by atoms with Gasteiger partial charge in [-0.15, -0.1) is 0 Å². The van der Waals surface area contributed by atoms with Crippen LogP contribution >= 0.6 is 0 Å². The summed E-state index contributed by atoms with van der Waals surface area (Å²) in [4.78, 5) is 12.3. The van der Waals surface area contributed by atoms with Crippen LogP contribution in [0.25, 0.3) is 0 Å². The van der Waals surface area contributed by atoms with E-state index in [-0.39, 0.29) is 25.1 Å². The minimum absolute atomic E-state index is 0.0843. The average molecular weight is 223 g/mol. The maximum atomic E-state index is 10.7. The Morgan fingerprint density at radius 3 is 2.94 bits per heavy atom. The summed E-state index contributed by atoms with van der Waals surface area (Å²) in [6.45, 7) is 0.606. The van der Waals surface area contributed by atoms with Gasteiger partial charge < -0.3 is 14.9 Å². The monoisotopic (exact) mass is 223 g/mol. The van der Waals surface area contributed by atoms with Crippen molar-refractivity contribution >= 4 is 5.97 Å². The molecule has 0 radical (unpaired) electrons. The number of hydrogen-bond donors (Lipinski definition) is 2. The molecule has 0 bridgehead atoms. The van der Waals surface area contributed by atoms with Crippen LogP contribution in [0.1, 0.15) is 11.6 Å². The fraction of sp³-hybridized carbons (Fsp3) is 0.364. The summed E-state index contributed by atoms with van der Waals surface area (Å²) in [6, 6.07) is 6.73. The summed E-state index contributed by atoms with van der Waals surface area (Å²) in [7, 11) is 0. The number of benzene rings is 1. The molecule has 0 unspecified atom stereocenters. The highest BCUT2D eigenvalue weighted by Crippen LogP contribution is 2.31. The van der Waals surface area contributed by atoms with Crippen LogP contribution in [0.3, 0.4) is 0 Å². The molecular weight excluding hydrogens is 210 g/mol. The molecule has 1 heterocycles. The molecule has 0 amide bonds. The molecule has 5 heteroatoms. The van der Waals surface area contributed by atoms with Crippen LogP contribution in [0, 0.1) is 0 Å². The first kappa shape index (κ1) is 10.9. The molecular formula is C11H13NO4. The Bertz CT molecular complexity index is 393. The molecule has 0 aromatic heterocycles. The quantitative estimate of drug-likeness (QED) is 0.793. The number of rotatable bonds is 3. The summed E-state index contributed by atoms with van der Waals surface area (Å²) in [5, 5.41) is 18.4. The molecule has 16 heavy (non-hydrogen) atoms. The Morgan fingerprint density at radius 2 is 2.25 bits per heavy atom. The van der Waals surface area contributed by atoms with E-state index >= 15 is 0 Å². The molecule has 0 aliphatic carbocycles. The third-order valence-corrected chi connectivity index (χ3v) is 2.61. The van der Waals surface area contributed by atoms with Crippen molar-refractivity contribution in [1.29, 1.82) is 0 Å². The smallest absolute Gasteiger partial charge is 0.317 e. The van der Waals surface area contributed by atoms with Crippen LogP contribution in [0.2, 0.25) is 0 Å². The highest BCUT2D eigenvalue weighted by atomic mass is 16.5. The van der Waals surface area contributed by atoms with Crippen LogP contribution in [0.4, 0.5) is 0 Å². The van der Waals surface area contributed by atoms with E-state index in [2.05, 4.69) is 0 Å². The zero-order valence-corrected chi connectivity index (χ0v) is 8.67. The third kappa shape index (κ3) is 2.15. The van der Waals surface area contributed by atoms with E-state index in [0.29, 0.717) is 12.2 Å². The van der Waals surface area contributed by atoms with Crippen molar-refractivity contribution in [2.24, 2.45) is 0 Å². The number of phenolic OH excluding ortho intramolecular Hbond substituents is 1. The SMILES string of the molecule is O=C(O)CN1COC[C@H]1c1ccccc1O. The molecule has 86 valence electrons. The number of aromatic hydroxyl groups is 1. The lowest BCUT2D eigenvalue weighted by Crippen LogP contribution is -2.30. The molecule has 2 rings (SSSR count). The first-order chi connectivity index (χ1) is 7.68. The van der Waals surface area contributed by atoms with Gasteiger partial charge in [-0.2, -0.15) is 0 Å². The topological polar surface area (TPSA) is 70.0 Å². The lowest BCUT2D eigenvalue weighted by Gasteiger charge is -2.21. The number of aliphatic carboxylic acids is 1. The summed E-state index contributed by atoms with van der Waals surface area (Å²) in [6.07, 6.45) is 0. The standard InChI is InChI=1S/C11H13NO4/c13-10-4-2-1-3-8(10)9-6-16-7-12(9)5-11(14)15/h1-4,9,13H,5-7H2,(H,14,15)/t9-/m0/s1.